The Labute approximate surface area is 105 Å². The summed E-state index contributed by atoms with van der Waals surface area (Å²) in [5.74, 6) is 0.531. The van der Waals surface area contributed by atoms with E-state index in [9.17, 15) is 4.79 Å². The first-order valence-electron chi connectivity index (χ1n) is 4.42. The summed E-state index contributed by atoms with van der Waals surface area (Å²) >= 11 is 4.73. The van der Waals surface area contributed by atoms with Gasteiger partial charge >= 0.3 is 0 Å². The van der Waals surface area contributed by atoms with Gasteiger partial charge in [0, 0.05) is 21.9 Å². The fourth-order valence-electron chi connectivity index (χ4n) is 1.09. The van der Waals surface area contributed by atoms with Crippen LogP contribution in [0.3, 0.4) is 0 Å². The van der Waals surface area contributed by atoms with Crippen molar-refractivity contribution in [2.45, 2.75) is 17.0 Å². The third-order valence-corrected chi connectivity index (χ3v) is 3.63. The molecule has 1 aromatic heterocycles. The summed E-state index contributed by atoms with van der Waals surface area (Å²) in [6, 6.07) is 5.32. The SMILES string of the molecule is Cc1nnc(Sc2ccc(C=O)cc2Br)o1. The van der Waals surface area contributed by atoms with Crippen molar-refractivity contribution < 1.29 is 9.21 Å². The summed E-state index contributed by atoms with van der Waals surface area (Å²) in [6.45, 7) is 1.74. The van der Waals surface area contributed by atoms with Crippen LogP contribution in [0.4, 0.5) is 0 Å². The molecule has 0 saturated heterocycles. The third-order valence-electron chi connectivity index (χ3n) is 1.80. The number of hydrogen-bond donors (Lipinski definition) is 0. The number of benzene rings is 1. The molecule has 82 valence electrons. The molecule has 0 aliphatic carbocycles. The maximum absolute atomic E-state index is 10.6. The van der Waals surface area contributed by atoms with Crippen molar-refractivity contribution in [1.29, 1.82) is 0 Å². The number of aldehydes is 1. The van der Waals surface area contributed by atoms with Gasteiger partial charge in [-0.1, -0.05) is 6.07 Å². The normalized spacial score (nSPS) is 10.4. The lowest BCUT2D eigenvalue weighted by atomic mass is 10.2. The lowest BCUT2D eigenvalue weighted by Crippen LogP contribution is -1.82. The van der Waals surface area contributed by atoms with Crippen molar-refractivity contribution in [2.24, 2.45) is 0 Å². The molecule has 2 rings (SSSR count). The highest BCUT2D eigenvalue weighted by Crippen LogP contribution is 2.32. The Morgan fingerprint density at radius 3 is 2.81 bits per heavy atom. The van der Waals surface area contributed by atoms with Gasteiger partial charge in [-0.25, -0.2) is 0 Å². The highest BCUT2D eigenvalue weighted by molar-refractivity contribution is 9.10. The molecule has 1 heterocycles. The first-order valence-corrected chi connectivity index (χ1v) is 6.02. The molecule has 0 aliphatic heterocycles. The summed E-state index contributed by atoms with van der Waals surface area (Å²) in [5.41, 5.74) is 0.623. The van der Waals surface area contributed by atoms with Crippen LogP contribution in [-0.2, 0) is 0 Å². The minimum absolute atomic E-state index is 0.483. The molecule has 0 N–H and O–H groups in total. The number of halogens is 1. The van der Waals surface area contributed by atoms with Crippen LogP contribution in [-0.4, -0.2) is 16.5 Å². The van der Waals surface area contributed by atoms with Gasteiger partial charge in [-0.3, -0.25) is 4.79 Å². The molecular formula is C10H7BrN2O2S. The summed E-state index contributed by atoms with van der Waals surface area (Å²) in [7, 11) is 0. The average Bonchev–Trinajstić information content (AvgIpc) is 2.67. The van der Waals surface area contributed by atoms with Crippen LogP contribution in [0.2, 0.25) is 0 Å². The van der Waals surface area contributed by atoms with Gasteiger partial charge in [0.25, 0.3) is 5.22 Å². The predicted molar refractivity (Wildman–Crippen MR) is 62.7 cm³/mol. The smallest absolute Gasteiger partial charge is 0.281 e. The Morgan fingerprint density at radius 1 is 1.44 bits per heavy atom. The van der Waals surface area contributed by atoms with Gasteiger partial charge in [-0.15, -0.1) is 10.2 Å². The van der Waals surface area contributed by atoms with Crippen molar-refractivity contribution in [3.63, 3.8) is 0 Å². The van der Waals surface area contributed by atoms with Crippen LogP contribution in [0.1, 0.15) is 16.2 Å². The summed E-state index contributed by atoms with van der Waals surface area (Å²) in [6.07, 6.45) is 0.802. The van der Waals surface area contributed by atoms with Crippen molar-refractivity contribution >= 4 is 34.0 Å². The first kappa shape index (κ1) is 11.3. The highest BCUT2D eigenvalue weighted by Gasteiger charge is 2.08. The first-order chi connectivity index (χ1) is 7.69. The summed E-state index contributed by atoms with van der Waals surface area (Å²) < 4.78 is 6.08. The standard InChI is InChI=1S/C10H7BrN2O2S/c1-6-12-13-10(15-6)16-9-3-2-7(5-14)4-8(9)11/h2-5H,1H3. The van der Waals surface area contributed by atoms with E-state index in [0.29, 0.717) is 16.7 Å². The van der Waals surface area contributed by atoms with Crippen molar-refractivity contribution in [3.05, 3.63) is 34.1 Å². The Morgan fingerprint density at radius 2 is 2.25 bits per heavy atom. The van der Waals surface area contributed by atoms with Crippen LogP contribution in [0.25, 0.3) is 0 Å². The van der Waals surface area contributed by atoms with E-state index in [0.717, 1.165) is 15.7 Å². The second-order valence-corrected chi connectivity index (χ2v) is 4.84. The number of carbonyl (C=O) groups is 1. The zero-order valence-corrected chi connectivity index (χ0v) is 10.7. The molecule has 0 bridgehead atoms. The van der Waals surface area contributed by atoms with E-state index in [-0.39, 0.29) is 0 Å². The number of hydrogen-bond acceptors (Lipinski definition) is 5. The molecule has 0 atom stereocenters. The zero-order chi connectivity index (χ0) is 11.5. The van der Waals surface area contributed by atoms with Crippen molar-refractivity contribution in [2.75, 3.05) is 0 Å². The van der Waals surface area contributed by atoms with E-state index in [1.807, 2.05) is 6.07 Å². The van der Waals surface area contributed by atoms with E-state index in [1.54, 1.807) is 19.1 Å². The molecule has 4 nitrogen and oxygen atoms in total. The fourth-order valence-corrected chi connectivity index (χ4v) is 2.45. The molecular weight excluding hydrogens is 292 g/mol. The summed E-state index contributed by atoms with van der Waals surface area (Å²) in [4.78, 5) is 11.5. The topological polar surface area (TPSA) is 56.0 Å². The minimum atomic E-state index is 0.483. The number of rotatable bonds is 3. The van der Waals surface area contributed by atoms with Crippen LogP contribution in [0.5, 0.6) is 0 Å². The number of aromatic nitrogens is 2. The van der Waals surface area contributed by atoms with Gasteiger partial charge < -0.3 is 4.42 Å². The van der Waals surface area contributed by atoms with Gasteiger partial charge in [0.2, 0.25) is 5.89 Å². The number of carbonyl (C=O) groups excluding carboxylic acids is 1. The van der Waals surface area contributed by atoms with Gasteiger partial charge in [-0.2, -0.15) is 0 Å². The molecule has 6 heteroatoms. The van der Waals surface area contributed by atoms with E-state index in [1.165, 1.54) is 11.8 Å². The van der Waals surface area contributed by atoms with E-state index in [2.05, 4.69) is 26.1 Å². The van der Waals surface area contributed by atoms with Crippen molar-refractivity contribution in [3.8, 4) is 0 Å². The lowest BCUT2D eigenvalue weighted by molar-refractivity contribution is 0.112. The summed E-state index contributed by atoms with van der Waals surface area (Å²) in [5, 5.41) is 8.10. The maximum atomic E-state index is 10.6. The monoisotopic (exact) mass is 298 g/mol. The molecule has 0 unspecified atom stereocenters. The van der Waals surface area contributed by atoms with Crippen molar-refractivity contribution in [1.82, 2.24) is 10.2 Å². The highest BCUT2D eigenvalue weighted by atomic mass is 79.9. The molecule has 1 aromatic carbocycles. The molecule has 2 aromatic rings. The van der Waals surface area contributed by atoms with Gasteiger partial charge in [0.05, 0.1) is 0 Å². The largest absolute Gasteiger partial charge is 0.416 e. The molecule has 16 heavy (non-hydrogen) atoms. The van der Waals surface area contributed by atoms with Gasteiger partial charge in [0.1, 0.15) is 6.29 Å². The molecule has 0 radical (unpaired) electrons. The van der Waals surface area contributed by atoms with Gasteiger partial charge in [-0.05, 0) is 39.8 Å². The maximum Gasteiger partial charge on any atom is 0.281 e. The van der Waals surface area contributed by atoms with Gasteiger partial charge in [0.15, 0.2) is 0 Å². The van der Waals surface area contributed by atoms with E-state index in [4.69, 9.17) is 4.42 Å². The van der Waals surface area contributed by atoms with Crippen LogP contribution < -0.4 is 0 Å². The average molecular weight is 299 g/mol. The Hall–Kier alpha value is -1.14. The predicted octanol–water partition coefficient (Wildman–Crippen LogP) is 3.10. The minimum Gasteiger partial charge on any atom is -0.416 e. The van der Waals surface area contributed by atoms with E-state index >= 15 is 0 Å². The molecule has 0 fully saturated rings. The Balaban J connectivity index is 2.25. The zero-order valence-electron chi connectivity index (χ0n) is 8.31. The van der Waals surface area contributed by atoms with Crippen LogP contribution >= 0.6 is 27.7 Å². The van der Waals surface area contributed by atoms with Crippen LogP contribution in [0.15, 0.2) is 37.2 Å². The molecule has 0 saturated carbocycles. The Bertz CT molecular complexity index is 527. The number of nitrogens with zero attached hydrogens (tertiary/aromatic N) is 2. The second-order valence-electron chi connectivity index (χ2n) is 3.00. The second kappa shape index (κ2) is 4.80. The van der Waals surface area contributed by atoms with E-state index < -0.39 is 0 Å². The van der Waals surface area contributed by atoms with Crippen LogP contribution in [0, 0.1) is 6.92 Å². The number of aryl methyl sites for hydroxylation is 1. The Kier molecular flexibility index (Phi) is 3.40. The third kappa shape index (κ3) is 2.51. The fraction of sp³-hybridized carbons (Fsp3) is 0.100. The lowest BCUT2D eigenvalue weighted by Gasteiger charge is -2.00. The quantitative estimate of drug-likeness (QED) is 0.815. The molecule has 0 aliphatic rings. The molecule has 0 spiro atoms. The molecule has 0 amide bonds.